The van der Waals surface area contributed by atoms with Crippen LogP contribution in [-0.4, -0.2) is 24.8 Å². The van der Waals surface area contributed by atoms with E-state index >= 15 is 0 Å². The molecular formula is C20H26ClNO2S. The molecular weight excluding hydrogens is 354 g/mol. The fourth-order valence-corrected chi connectivity index (χ4v) is 5.02. The maximum atomic E-state index is 13.2. The summed E-state index contributed by atoms with van der Waals surface area (Å²) in [6.45, 7) is 5.97. The molecule has 0 radical (unpaired) electrons. The summed E-state index contributed by atoms with van der Waals surface area (Å²) in [5.41, 5.74) is 1.22. The van der Waals surface area contributed by atoms with Crippen molar-refractivity contribution in [2.45, 2.75) is 57.0 Å². The van der Waals surface area contributed by atoms with E-state index in [1.807, 2.05) is 39.0 Å². The van der Waals surface area contributed by atoms with Crippen LogP contribution >= 0.6 is 11.6 Å². The van der Waals surface area contributed by atoms with Gasteiger partial charge in [0.15, 0.2) is 0 Å². The molecule has 0 saturated carbocycles. The summed E-state index contributed by atoms with van der Waals surface area (Å²) in [6.07, 6.45) is 2.40. The highest BCUT2D eigenvalue weighted by atomic mass is 35.5. The lowest BCUT2D eigenvalue weighted by Crippen LogP contribution is -2.44. The van der Waals surface area contributed by atoms with E-state index in [0.29, 0.717) is 9.92 Å². The van der Waals surface area contributed by atoms with Crippen LogP contribution in [0.3, 0.4) is 0 Å². The Kier molecular flexibility index (Phi) is 7.05. The van der Waals surface area contributed by atoms with Crippen LogP contribution in [0.25, 0.3) is 0 Å². The third-order valence-electron chi connectivity index (χ3n) is 4.54. The Balaban J connectivity index is 2.23. The largest absolute Gasteiger partial charge is 0.243 e. The number of halogens is 1. The van der Waals surface area contributed by atoms with Gasteiger partial charge in [0.05, 0.1) is 4.90 Å². The maximum Gasteiger partial charge on any atom is 0.243 e. The Labute approximate surface area is 156 Å². The van der Waals surface area contributed by atoms with E-state index in [1.165, 1.54) is 5.56 Å². The molecule has 0 aliphatic rings. The van der Waals surface area contributed by atoms with Crippen molar-refractivity contribution in [2.24, 2.45) is 0 Å². The monoisotopic (exact) mass is 379 g/mol. The molecule has 136 valence electrons. The number of hydrogen-bond acceptors (Lipinski definition) is 2. The number of nitrogens with zero attached hydrogens (tertiary/aromatic N) is 1. The van der Waals surface area contributed by atoms with Crippen LogP contribution in [0.15, 0.2) is 59.5 Å². The van der Waals surface area contributed by atoms with Gasteiger partial charge < -0.3 is 0 Å². The predicted molar refractivity (Wildman–Crippen MR) is 104 cm³/mol. The molecule has 2 aromatic carbocycles. The molecule has 0 spiro atoms. The van der Waals surface area contributed by atoms with Gasteiger partial charge in [-0.15, -0.1) is 0 Å². The van der Waals surface area contributed by atoms with E-state index in [2.05, 4.69) is 12.1 Å². The summed E-state index contributed by atoms with van der Waals surface area (Å²) < 4.78 is 28.0. The van der Waals surface area contributed by atoms with Gasteiger partial charge in [0.25, 0.3) is 0 Å². The van der Waals surface area contributed by atoms with Crippen molar-refractivity contribution >= 4 is 21.6 Å². The van der Waals surface area contributed by atoms with E-state index < -0.39 is 10.0 Å². The second-order valence-corrected chi connectivity index (χ2v) is 8.70. The first-order valence-corrected chi connectivity index (χ1v) is 10.5. The predicted octanol–water partition coefficient (Wildman–Crippen LogP) is 5.15. The Bertz CT molecular complexity index is 760. The molecule has 2 unspecified atom stereocenters. The smallest absolute Gasteiger partial charge is 0.207 e. The normalized spacial score (nSPS) is 14.4. The van der Waals surface area contributed by atoms with E-state index in [0.717, 1.165) is 19.3 Å². The van der Waals surface area contributed by atoms with Crippen LogP contribution in [0.5, 0.6) is 0 Å². The van der Waals surface area contributed by atoms with Gasteiger partial charge >= 0.3 is 0 Å². The van der Waals surface area contributed by atoms with Crippen molar-refractivity contribution in [3.63, 3.8) is 0 Å². The second-order valence-electron chi connectivity index (χ2n) is 6.42. The Hall–Kier alpha value is -1.36. The zero-order chi connectivity index (χ0) is 18.4. The average Bonchev–Trinajstić information content (AvgIpc) is 2.61. The molecule has 0 aliphatic carbocycles. The highest BCUT2D eigenvalue weighted by molar-refractivity contribution is 7.89. The highest BCUT2D eigenvalue weighted by Crippen LogP contribution is 2.25. The van der Waals surface area contributed by atoms with Crippen LogP contribution in [0.1, 0.15) is 39.2 Å². The molecule has 0 N–H and O–H groups in total. The lowest BCUT2D eigenvalue weighted by atomic mass is 10.1. The molecule has 0 fully saturated rings. The lowest BCUT2D eigenvalue weighted by Gasteiger charge is -2.33. The van der Waals surface area contributed by atoms with Crippen LogP contribution in [0, 0.1) is 0 Å². The lowest BCUT2D eigenvalue weighted by molar-refractivity contribution is 0.257. The Morgan fingerprint density at radius 2 is 1.56 bits per heavy atom. The minimum Gasteiger partial charge on any atom is -0.207 e. The fourth-order valence-electron chi connectivity index (χ4n) is 2.96. The van der Waals surface area contributed by atoms with Crippen LogP contribution < -0.4 is 0 Å². The minimum atomic E-state index is -3.56. The first kappa shape index (κ1) is 20.0. The number of benzene rings is 2. The standard InChI is InChI=1S/C20H26ClNO2S/c1-4-16(2)22(17(3)10-11-18-8-6-5-7-9-18)25(23,24)20-14-12-19(21)13-15-20/h5-9,12-17H,4,10-11H2,1-3H3. The first-order chi connectivity index (χ1) is 11.9. The maximum absolute atomic E-state index is 13.2. The van der Waals surface area contributed by atoms with E-state index in [1.54, 1.807) is 28.6 Å². The van der Waals surface area contributed by atoms with E-state index in [9.17, 15) is 8.42 Å². The van der Waals surface area contributed by atoms with Crippen LogP contribution in [0.4, 0.5) is 0 Å². The van der Waals surface area contributed by atoms with Crippen molar-refractivity contribution < 1.29 is 8.42 Å². The SMILES string of the molecule is CCC(C)N(C(C)CCc1ccccc1)S(=O)(=O)c1ccc(Cl)cc1. The molecule has 0 heterocycles. The molecule has 0 bridgehead atoms. The number of hydrogen-bond donors (Lipinski definition) is 0. The molecule has 2 aromatic rings. The molecule has 0 aliphatic heterocycles. The molecule has 0 aromatic heterocycles. The van der Waals surface area contributed by atoms with Gasteiger partial charge in [-0.25, -0.2) is 8.42 Å². The third kappa shape index (κ3) is 5.06. The van der Waals surface area contributed by atoms with Crippen LogP contribution in [-0.2, 0) is 16.4 Å². The Morgan fingerprint density at radius 3 is 2.12 bits per heavy atom. The number of aryl methyl sites for hydroxylation is 1. The topological polar surface area (TPSA) is 37.4 Å². The van der Waals surface area contributed by atoms with Gasteiger partial charge in [0, 0.05) is 17.1 Å². The van der Waals surface area contributed by atoms with Gasteiger partial charge in [-0.05, 0) is 62.9 Å². The second kappa shape index (κ2) is 8.84. The molecule has 2 rings (SSSR count). The van der Waals surface area contributed by atoms with Crippen molar-refractivity contribution in [1.82, 2.24) is 4.31 Å². The zero-order valence-corrected chi connectivity index (χ0v) is 16.6. The van der Waals surface area contributed by atoms with Crippen molar-refractivity contribution in [3.8, 4) is 0 Å². The molecule has 0 amide bonds. The first-order valence-electron chi connectivity index (χ1n) is 8.69. The zero-order valence-electron chi connectivity index (χ0n) is 15.0. The van der Waals surface area contributed by atoms with E-state index in [-0.39, 0.29) is 12.1 Å². The Morgan fingerprint density at radius 1 is 0.960 bits per heavy atom. The highest BCUT2D eigenvalue weighted by Gasteiger charge is 2.32. The summed E-state index contributed by atoms with van der Waals surface area (Å²) in [5, 5.41) is 0.533. The summed E-state index contributed by atoms with van der Waals surface area (Å²) >= 11 is 5.90. The molecule has 2 atom stereocenters. The summed E-state index contributed by atoms with van der Waals surface area (Å²) in [7, 11) is -3.56. The third-order valence-corrected chi connectivity index (χ3v) is 6.94. The van der Waals surface area contributed by atoms with E-state index in [4.69, 9.17) is 11.6 Å². The fraction of sp³-hybridized carbons (Fsp3) is 0.400. The minimum absolute atomic E-state index is 0.0635. The quantitative estimate of drug-likeness (QED) is 0.636. The summed E-state index contributed by atoms with van der Waals surface area (Å²) in [6, 6.07) is 16.4. The van der Waals surface area contributed by atoms with Crippen molar-refractivity contribution in [3.05, 3.63) is 65.2 Å². The van der Waals surface area contributed by atoms with Gasteiger partial charge in [-0.2, -0.15) is 4.31 Å². The molecule has 25 heavy (non-hydrogen) atoms. The van der Waals surface area contributed by atoms with Gasteiger partial charge in [-0.1, -0.05) is 48.9 Å². The van der Waals surface area contributed by atoms with Crippen LogP contribution in [0.2, 0.25) is 5.02 Å². The summed E-state index contributed by atoms with van der Waals surface area (Å²) in [4.78, 5) is 0.295. The summed E-state index contributed by atoms with van der Waals surface area (Å²) in [5.74, 6) is 0. The molecule has 5 heteroatoms. The van der Waals surface area contributed by atoms with Crippen molar-refractivity contribution in [1.29, 1.82) is 0 Å². The average molecular weight is 380 g/mol. The molecule has 0 saturated heterocycles. The molecule has 3 nitrogen and oxygen atoms in total. The van der Waals surface area contributed by atoms with Crippen molar-refractivity contribution in [2.75, 3.05) is 0 Å². The van der Waals surface area contributed by atoms with Gasteiger partial charge in [-0.3, -0.25) is 0 Å². The van der Waals surface area contributed by atoms with Gasteiger partial charge in [0.1, 0.15) is 0 Å². The number of sulfonamides is 1. The number of rotatable bonds is 8. The van der Waals surface area contributed by atoms with Gasteiger partial charge in [0.2, 0.25) is 10.0 Å².